The van der Waals surface area contributed by atoms with Crippen LogP contribution in [0.15, 0.2) is 18.2 Å². The Labute approximate surface area is 126 Å². The molecule has 1 aliphatic rings. The zero-order valence-corrected chi connectivity index (χ0v) is 13.4. The molecule has 2 unspecified atom stereocenters. The average molecular weight is 288 g/mol. The predicted octanol–water partition coefficient (Wildman–Crippen LogP) is 2.17. The van der Waals surface area contributed by atoms with Gasteiger partial charge in [-0.15, -0.1) is 0 Å². The molecule has 0 spiro atoms. The van der Waals surface area contributed by atoms with E-state index in [0.29, 0.717) is 6.54 Å². The molecule has 4 heteroatoms. The Bertz CT molecular complexity index is 546. The monoisotopic (exact) mass is 288 g/mol. The summed E-state index contributed by atoms with van der Waals surface area (Å²) >= 11 is 0. The van der Waals surface area contributed by atoms with E-state index in [4.69, 9.17) is 0 Å². The number of nitrogens with zero attached hydrogens (tertiary/aromatic N) is 1. The molecule has 0 bridgehead atoms. The van der Waals surface area contributed by atoms with E-state index >= 15 is 0 Å². The molecule has 4 nitrogen and oxygen atoms in total. The second kappa shape index (κ2) is 5.88. The topological polar surface area (TPSA) is 49.4 Å². The van der Waals surface area contributed by atoms with Crippen LogP contribution in [0.4, 0.5) is 0 Å². The van der Waals surface area contributed by atoms with Gasteiger partial charge in [0.1, 0.15) is 12.1 Å². The first kappa shape index (κ1) is 15.5. The van der Waals surface area contributed by atoms with Gasteiger partial charge in [-0.1, -0.05) is 43.2 Å². The van der Waals surface area contributed by atoms with Gasteiger partial charge in [-0.05, 0) is 32.3 Å². The summed E-state index contributed by atoms with van der Waals surface area (Å²) in [7, 11) is 0. The number of aryl methyl sites for hydroxylation is 2. The van der Waals surface area contributed by atoms with Gasteiger partial charge in [-0.25, -0.2) is 0 Å². The van der Waals surface area contributed by atoms with E-state index in [1.54, 1.807) is 11.8 Å². The highest BCUT2D eigenvalue weighted by Gasteiger charge is 2.39. The van der Waals surface area contributed by atoms with E-state index in [1.165, 1.54) is 11.1 Å². The normalized spacial score (nSPS) is 22.7. The van der Waals surface area contributed by atoms with Crippen molar-refractivity contribution in [1.29, 1.82) is 0 Å². The molecule has 1 N–H and O–H groups in total. The van der Waals surface area contributed by atoms with Gasteiger partial charge in [0.15, 0.2) is 0 Å². The van der Waals surface area contributed by atoms with Gasteiger partial charge in [0, 0.05) is 6.54 Å². The summed E-state index contributed by atoms with van der Waals surface area (Å²) < 4.78 is 0. The third kappa shape index (κ3) is 3.26. The number of carbonyl (C=O) groups is 2. The lowest BCUT2D eigenvalue weighted by molar-refractivity contribution is -0.150. The lowest BCUT2D eigenvalue weighted by atomic mass is 9.97. The minimum atomic E-state index is -0.423. The van der Waals surface area contributed by atoms with Crippen molar-refractivity contribution in [3.8, 4) is 0 Å². The second-order valence-corrected chi connectivity index (χ2v) is 6.37. The molecular formula is C17H24N2O2. The fraction of sp³-hybridized carbons (Fsp3) is 0.529. The fourth-order valence-corrected chi connectivity index (χ4v) is 2.87. The Morgan fingerprint density at radius 2 is 1.71 bits per heavy atom. The van der Waals surface area contributed by atoms with Crippen LogP contribution in [0.5, 0.6) is 0 Å². The molecule has 0 radical (unpaired) electrons. The highest BCUT2D eigenvalue weighted by Crippen LogP contribution is 2.19. The minimum absolute atomic E-state index is 0.0104. The largest absolute Gasteiger partial charge is 0.342 e. The summed E-state index contributed by atoms with van der Waals surface area (Å²) in [5, 5.41) is 2.82. The molecule has 1 heterocycles. The van der Waals surface area contributed by atoms with Crippen LogP contribution >= 0.6 is 0 Å². The summed E-state index contributed by atoms with van der Waals surface area (Å²) in [6.45, 7) is 10.3. The lowest BCUT2D eigenvalue weighted by Crippen LogP contribution is -2.63. The molecular weight excluding hydrogens is 264 g/mol. The summed E-state index contributed by atoms with van der Waals surface area (Å²) in [5.74, 6) is 0.0321. The highest BCUT2D eigenvalue weighted by atomic mass is 16.2. The number of carbonyl (C=O) groups excluding carboxylic acids is 2. The number of piperazine rings is 1. The maximum Gasteiger partial charge on any atom is 0.246 e. The Morgan fingerprint density at radius 3 is 2.24 bits per heavy atom. The average Bonchev–Trinajstić information content (AvgIpc) is 2.37. The Morgan fingerprint density at radius 1 is 1.14 bits per heavy atom. The lowest BCUT2D eigenvalue weighted by Gasteiger charge is -2.39. The molecule has 1 fully saturated rings. The maximum absolute atomic E-state index is 12.6. The van der Waals surface area contributed by atoms with Crippen molar-refractivity contribution >= 4 is 11.8 Å². The third-order valence-corrected chi connectivity index (χ3v) is 3.99. The van der Waals surface area contributed by atoms with Crippen LogP contribution < -0.4 is 5.32 Å². The van der Waals surface area contributed by atoms with Crippen LogP contribution in [-0.4, -0.2) is 28.8 Å². The summed E-state index contributed by atoms with van der Waals surface area (Å²) in [6.07, 6.45) is 0. The molecule has 1 aromatic rings. The SMILES string of the molecule is Cc1cc(C)cc(CN2C(=O)C(C(C)C)NC(=O)C2C)c1. The number of benzene rings is 1. The van der Waals surface area contributed by atoms with Crippen LogP contribution in [0.3, 0.4) is 0 Å². The summed E-state index contributed by atoms with van der Waals surface area (Å²) in [6, 6.07) is 5.41. The number of nitrogens with one attached hydrogen (secondary N) is 1. The Kier molecular flexibility index (Phi) is 4.35. The maximum atomic E-state index is 12.6. The van der Waals surface area contributed by atoms with E-state index in [2.05, 4.69) is 23.5 Å². The van der Waals surface area contributed by atoms with E-state index in [0.717, 1.165) is 5.56 Å². The molecule has 1 saturated heterocycles. The highest BCUT2D eigenvalue weighted by molar-refractivity contribution is 5.96. The van der Waals surface area contributed by atoms with Gasteiger partial charge < -0.3 is 10.2 Å². The van der Waals surface area contributed by atoms with Crippen LogP contribution in [0.2, 0.25) is 0 Å². The van der Waals surface area contributed by atoms with Crippen molar-refractivity contribution in [2.24, 2.45) is 5.92 Å². The van der Waals surface area contributed by atoms with Gasteiger partial charge in [-0.3, -0.25) is 9.59 Å². The molecule has 1 aliphatic heterocycles. The summed E-state index contributed by atoms with van der Waals surface area (Å²) in [5.41, 5.74) is 3.42. The quantitative estimate of drug-likeness (QED) is 0.926. The molecule has 2 rings (SSSR count). The summed E-state index contributed by atoms with van der Waals surface area (Å²) in [4.78, 5) is 26.4. The molecule has 114 valence electrons. The van der Waals surface area contributed by atoms with Gasteiger partial charge in [0.2, 0.25) is 11.8 Å². The van der Waals surface area contributed by atoms with Crippen LogP contribution in [0.25, 0.3) is 0 Å². The van der Waals surface area contributed by atoms with Crippen molar-refractivity contribution in [3.63, 3.8) is 0 Å². The zero-order valence-electron chi connectivity index (χ0n) is 13.4. The smallest absolute Gasteiger partial charge is 0.246 e. The molecule has 0 aromatic heterocycles. The Hall–Kier alpha value is -1.84. The second-order valence-electron chi connectivity index (χ2n) is 6.37. The molecule has 0 aliphatic carbocycles. The number of rotatable bonds is 3. The van der Waals surface area contributed by atoms with E-state index in [-0.39, 0.29) is 17.7 Å². The van der Waals surface area contributed by atoms with Crippen molar-refractivity contribution < 1.29 is 9.59 Å². The minimum Gasteiger partial charge on any atom is -0.342 e. The van der Waals surface area contributed by atoms with Crippen LogP contribution in [0, 0.1) is 19.8 Å². The van der Waals surface area contributed by atoms with Crippen molar-refractivity contribution in [3.05, 3.63) is 34.9 Å². The molecule has 1 aromatic carbocycles. The van der Waals surface area contributed by atoms with E-state index in [9.17, 15) is 9.59 Å². The third-order valence-electron chi connectivity index (χ3n) is 3.99. The van der Waals surface area contributed by atoms with Crippen LogP contribution in [-0.2, 0) is 16.1 Å². The van der Waals surface area contributed by atoms with Crippen LogP contribution in [0.1, 0.15) is 37.5 Å². The molecule has 2 atom stereocenters. The van der Waals surface area contributed by atoms with Crippen molar-refractivity contribution in [1.82, 2.24) is 10.2 Å². The van der Waals surface area contributed by atoms with Crippen molar-refractivity contribution in [2.75, 3.05) is 0 Å². The Balaban J connectivity index is 2.27. The number of hydrogen-bond acceptors (Lipinski definition) is 2. The first-order chi connectivity index (χ1) is 9.79. The van der Waals surface area contributed by atoms with Gasteiger partial charge in [-0.2, -0.15) is 0 Å². The first-order valence-corrected chi connectivity index (χ1v) is 7.47. The fourth-order valence-electron chi connectivity index (χ4n) is 2.87. The van der Waals surface area contributed by atoms with Gasteiger partial charge in [0.25, 0.3) is 0 Å². The molecule has 2 amide bonds. The van der Waals surface area contributed by atoms with E-state index < -0.39 is 12.1 Å². The first-order valence-electron chi connectivity index (χ1n) is 7.47. The zero-order chi connectivity index (χ0) is 15.7. The number of amides is 2. The van der Waals surface area contributed by atoms with Crippen molar-refractivity contribution in [2.45, 2.75) is 53.2 Å². The van der Waals surface area contributed by atoms with E-state index in [1.807, 2.05) is 27.7 Å². The molecule has 0 saturated carbocycles. The molecule has 21 heavy (non-hydrogen) atoms. The number of hydrogen-bond donors (Lipinski definition) is 1. The standard InChI is InChI=1S/C17H24N2O2/c1-10(2)15-17(21)19(13(5)16(20)18-15)9-14-7-11(3)6-12(4)8-14/h6-8,10,13,15H,9H2,1-5H3,(H,18,20). The van der Waals surface area contributed by atoms with Gasteiger partial charge in [0.05, 0.1) is 0 Å². The predicted molar refractivity (Wildman–Crippen MR) is 82.7 cm³/mol. The van der Waals surface area contributed by atoms with Gasteiger partial charge >= 0.3 is 0 Å².